The summed E-state index contributed by atoms with van der Waals surface area (Å²) in [4.78, 5) is 24.2. The molecule has 0 aromatic heterocycles. The summed E-state index contributed by atoms with van der Waals surface area (Å²) in [5.41, 5.74) is 4.14. The molecule has 2 rings (SSSR count). The number of hydrogen-bond donors (Lipinski definition) is 2. The predicted octanol–water partition coefficient (Wildman–Crippen LogP) is 2.68. The Balaban J connectivity index is 2.03. The molecule has 1 aromatic rings. The molecule has 150 valence electrons. The number of nitro groups is 1. The van der Waals surface area contributed by atoms with Crippen LogP contribution in [-0.2, 0) is 11.0 Å². The predicted molar refractivity (Wildman–Crippen MR) is 94.3 cm³/mol. The molecule has 0 bridgehead atoms. The number of nitrogens with two attached hydrogens (primary N) is 1. The third-order valence-corrected chi connectivity index (χ3v) is 4.60. The fourth-order valence-electron chi connectivity index (χ4n) is 3.06. The molecule has 0 saturated carbocycles. The van der Waals surface area contributed by atoms with Gasteiger partial charge in [0.2, 0.25) is 5.91 Å². The summed E-state index contributed by atoms with van der Waals surface area (Å²) in [5.74, 6) is -0.306. The van der Waals surface area contributed by atoms with Crippen LogP contribution in [0.3, 0.4) is 0 Å². The van der Waals surface area contributed by atoms with Crippen molar-refractivity contribution in [1.82, 2.24) is 5.32 Å². The van der Waals surface area contributed by atoms with E-state index in [9.17, 15) is 28.1 Å². The number of carbonyl (C=O) groups is 1. The summed E-state index contributed by atoms with van der Waals surface area (Å²) < 4.78 is 38.4. The zero-order valence-electron chi connectivity index (χ0n) is 15.0. The molecule has 0 aliphatic carbocycles. The Hall–Kier alpha value is -2.36. The molecular formula is C17H23F3N4O3. The quantitative estimate of drug-likeness (QED) is 0.576. The van der Waals surface area contributed by atoms with Crippen molar-refractivity contribution in [2.24, 2.45) is 11.7 Å². The van der Waals surface area contributed by atoms with Crippen LogP contribution in [0, 0.1) is 16.0 Å². The fraction of sp³-hybridized carbons (Fsp3) is 0.588. The minimum atomic E-state index is -4.64. The number of piperidine rings is 1. The van der Waals surface area contributed by atoms with E-state index in [-0.39, 0.29) is 23.6 Å². The third kappa shape index (κ3) is 5.56. The lowest BCUT2D eigenvalue weighted by atomic mass is 9.95. The van der Waals surface area contributed by atoms with E-state index in [4.69, 9.17) is 5.73 Å². The van der Waals surface area contributed by atoms with Crippen molar-refractivity contribution >= 4 is 17.3 Å². The maximum atomic E-state index is 12.8. The second kappa shape index (κ2) is 8.55. The summed E-state index contributed by atoms with van der Waals surface area (Å²) in [7, 11) is 0. The summed E-state index contributed by atoms with van der Waals surface area (Å²) in [6, 6.07) is 2.52. The van der Waals surface area contributed by atoms with Crippen molar-refractivity contribution in [3.63, 3.8) is 0 Å². The van der Waals surface area contributed by atoms with Crippen molar-refractivity contribution < 1.29 is 22.9 Å². The lowest BCUT2D eigenvalue weighted by Gasteiger charge is -2.32. The van der Waals surface area contributed by atoms with Crippen LogP contribution in [0.5, 0.6) is 0 Å². The number of rotatable bonds is 6. The van der Waals surface area contributed by atoms with Gasteiger partial charge >= 0.3 is 6.18 Å². The zero-order valence-corrected chi connectivity index (χ0v) is 15.0. The molecule has 1 fully saturated rings. The van der Waals surface area contributed by atoms with Crippen LogP contribution in [0.25, 0.3) is 0 Å². The number of carbonyl (C=O) groups excluding carboxylic acids is 1. The van der Waals surface area contributed by atoms with Gasteiger partial charge in [0.05, 0.1) is 10.5 Å². The highest BCUT2D eigenvalue weighted by Gasteiger charge is 2.34. The van der Waals surface area contributed by atoms with Gasteiger partial charge in [-0.15, -0.1) is 0 Å². The molecule has 1 aliphatic heterocycles. The summed E-state index contributed by atoms with van der Waals surface area (Å²) in [6.07, 6.45) is -3.03. The van der Waals surface area contributed by atoms with Crippen molar-refractivity contribution in [2.45, 2.75) is 38.4 Å². The SMILES string of the molecule is CC(N)CCNC(=O)C1CCN(c2ccc(C(F)(F)F)cc2[N+](=O)[O-])CC1. The number of anilines is 1. The number of nitrogens with one attached hydrogen (secondary N) is 1. The standard InChI is InChI=1S/C17H23F3N4O3/c1-11(21)4-7-22-16(25)12-5-8-23(9-6-12)14-3-2-13(17(18,19)20)10-15(14)24(26)27/h2-3,10-12H,4-9,21H2,1H3,(H,22,25). The average Bonchev–Trinajstić information content (AvgIpc) is 2.60. The Morgan fingerprint density at radius 2 is 2.04 bits per heavy atom. The molecule has 1 heterocycles. The molecule has 1 saturated heterocycles. The van der Waals surface area contributed by atoms with E-state index in [1.54, 1.807) is 4.90 Å². The van der Waals surface area contributed by atoms with E-state index in [2.05, 4.69) is 5.32 Å². The normalized spacial score (nSPS) is 16.9. The van der Waals surface area contributed by atoms with Gasteiger partial charge in [-0.2, -0.15) is 13.2 Å². The number of alkyl halides is 3. The number of hydrogen-bond acceptors (Lipinski definition) is 5. The van der Waals surface area contributed by atoms with E-state index >= 15 is 0 Å². The Labute approximate surface area is 154 Å². The van der Waals surface area contributed by atoms with Crippen LogP contribution in [0.2, 0.25) is 0 Å². The van der Waals surface area contributed by atoms with Gasteiger partial charge in [0.15, 0.2) is 0 Å². The molecular weight excluding hydrogens is 365 g/mol. The van der Waals surface area contributed by atoms with E-state index < -0.39 is 22.4 Å². The first-order valence-corrected chi connectivity index (χ1v) is 8.73. The Bertz CT molecular complexity index is 686. The van der Waals surface area contributed by atoms with Crippen LogP contribution in [0.15, 0.2) is 18.2 Å². The molecule has 1 amide bonds. The molecule has 0 spiro atoms. The molecule has 10 heteroatoms. The van der Waals surface area contributed by atoms with Gasteiger partial charge in [0, 0.05) is 37.7 Å². The number of nitrogens with zero attached hydrogens (tertiary/aromatic N) is 2. The average molecular weight is 388 g/mol. The number of nitro benzene ring substituents is 1. The highest BCUT2D eigenvalue weighted by atomic mass is 19.4. The molecule has 1 aromatic carbocycles. The van der Waals surface area contributed by atoms with Crippen LogP contribution in [0.4, 0.5) is 24.5 Å². The number of benzene rings is 1. The van der Waals surface area contributed by atoms with Crippen molar-refractivity contribution in [3.8, 4) is 0 Å². The van der Waals surface area contributed by atoms with Crippen molar-refractivity contribution in [1.29, 1.82) is 0 Å². The third-order valence-electron chi connectivity index (χ3n) is 4.60. The van der Waals surface area contributed by atoms with Crippen molar-refractivity contribution in [2.75, 3.05) is 24.5 Å². The Morgan fingerprint density at radius 1 is 1.41 bits per heavy atom. The molecule has 1 aliphatic rings. The summed E-state index contributed by atoms with van der Waals surface area (Å²) >= 11 is 0. The maximum absolute atomic E-state index is 12.8. The molecule has 1 unspecified atom stereocenters. The maximum Gasteiger partial charge on any atom is 0.416 e. The van der Waals surface area contributed by atoms with E-state index in [1.165, 1.54) is 0 Å². The summed E-state index contributed by atoms with van der Waals surface area (Å²) in [5, 5.41) is 14.0. The van der Waals surface area contributed by atoms with Crippen LogP contribution >= 0.6 is 0 Å². The van der Waals surface area contributed by atoms with Gasteiger partial charge in [0.1, 0.15) is 5.69 Å². The number of amides is 1. The second-order valence-electron chi connectivity index (χ2n) is 6.78. The van der Waals surface area contributed by atoms with E-state index in [0.717, 1.165) is 12.1 Å². The first-order valence-electron chi connectivity index (χ1n) is 8.73. The van der Waals surface area contributed by atoms with Gasteiger partial charge in [0.25, 0.3) is 5.69 Å². The highest BCUT2D eigenvalue weighted by molar-refractivity contribution is 5.79. The lowest BCUT2D eigenvalue weighted by molar-refractivity contribution is -0.384. The van der Waals surface area contributed by atoms with Crippen LogP contribution in [0.1, 0.15) is 31.7 Å². The molecule has 3 N–H and O–H groups in total. The van der Waals surface area contributed by atoms with Gasteiger partial charge in [-0.05, 0) is 38.3 Å². The van der Waals surface area contributed by atoms with E-state index in [1.807, 2.05) is 6.92 Å². The zero-order chi connectivity index (χ0) is 20.2. The van der Waals surface area contributed by atoms with Gasteiger partial charge in [-0.3, -0.25) is 14.9 Å². The van der Waals surface area contributed by atoms with Crippen LogP contribution < -0.4 is 16.0 Å². The minimum absolute atomic E-state index is 0.00707. The topological polar surface area (TPSA) is 102 Å². The first kappa shape index (κ1) is 20.9. The molecule has 0 radical (unpaired) electrons. The molecule has 1 atom stereocenters. The van der Waals surface area contributed by atoms with Crippen LogP contribution in [-0.4, -0.2) is 36.5 Å². The molecule has 27 heavy (non-hydrogen) atoms. The second-order valence-corrected chi connectivity index (χ2v) is 6.78. The van der Waals surface area contributed by atoms with Crippen molar-refractivity contribution in [3.05, 3.63) is 33.9 Å². The highest BCUT2D eigenvalue weighted by Crippen LogP contribution is 2.37. The smallest absolute Gasteiger partial charge is 0.366 e. The lowest BCUT2D eigenvalue weighted by Crippen LogP contribution is -2.41. The Kier molecular flexibility index (Phi) is 6.63. The Morgan fingerprint density at radius 3 is 2.56 bits per heavy atom. The fourth-order valence-corrected chi connectivity index (χ4v) is 3.06. The summed E-state index contributed by atoms with van der Waals surface area (Å²) in [6.45, 7) is 3.05. The monoisotopic (exact) mass is 388 g/mol. The van der Waals surface area contributed by atoms with E-state index in [0.29, 0.717) is 45.0 Å². The minimum Gasteiger partial charge on any atom is -0.366 e. The van der Waals surface area contributed by atoms with Gasteiger partial charge in [-0.1, -0.05) is 0 Å². The first-order chi connectivity index (χ1) is 12.6. The molecule has 7 nitrogen and oxygen atoms in total. The largest absolute Gasteiger partial charge is 0.416 e. The van der Waals surface area contributed by atoms with Gasteiger partial charge in [-0.25, -0.2) is 0 Å². The number of halogens is 3. The van der Waals surface area contributed by atoms with Gasteiger partial charge < -0.3 is 16.0 Å².